The molecule has 0 radical (unpaired) electrons. The van der Waals surface area contributed by atoms with Crippen LogP contribution >= 0.6 is 0 Å². The van der Waals surface area contributed by atoms with Gasteiger partial charge < -0.3 is 0 Å². The van der Waals surface area contributed by atoms with Crippen molar-refractivity contribution in [1.82, 2.24) is 4.90 Å². The molecule has 1 atom stereocenters. The molecule has 0 N–H and O–H groups in total. The summed E-state index contributed by atoms with van der Waals surface area (Å²) in [5.74, 6) is -2.94. The minimum absolute atomic E-state index is 0.0840. The van der Waals surface area contributed by atoms with Gasteiger partial charge in [-0.1, -0.05) is 30.3 Å². The number of piperidine rings is 1. The largest absolute Gasteiger partial charge is 0.298 e. The van der Waals surface area contributed by atoms with Crippen LogP contribution in [0, 0.1) is 11.3 Å². The SMILES string of the molecule is CC(C)(C)N1CCC2(CC1)C(Cc1ccccc1)C2(F)F. The Morgan fingerprint density at radius 3 is 2.19 bits per heavy atom. The van der Waals surface area contributed by atoms with Gasteiger partial charge in [0.25, 0.3) is 5.92 Å². The molecule has 1 saturated carbocycles. The van der Waals surface area contributed by atoms with Crippen molar-refractivity contribution < 1.29 is 8.78 Å². The van der Waals surface area contributed by atoms with Crippen molar-refractivity contribution in [3.05, 3.63) is 35.9 Å². The molecule has 1 aliphatic carbocycles. The molecule has 3 heteroatoms. The zero-order valence-corrected chi connectivity index (χ0v) is 13.2. The molecule has 0 amide bonds. The van der Waals surface area contributed by atoms with Crippen molar-refractivity contribution in [1.29, 1.82) is 0 Å². The Bertz CT molecular complexity index is 496. The van der Waals surface area contributed by atoms with E-state index in [2.05, 4.69) is 25.7 Å². The Labute approximate surface area is 126 Å². The van der Waals surface area contributed by atoms with Gasteiger partial charge in [-0.25, -0.2) is 8.78 Å². The lowest BCUT2D eigenvalue weighted by atomic mass is 9.86. The highest BCUT2D eigenvalue weighted by molar-refractivity contribution is 5.25. The van der Waals surface area contributed by atoms with Gasteiger partial charge in [0.2, 0.25) is 0 Å². The van der Waals surface area contributed by atoms with E-state index in [9.17, 15) is 8.78 Å². The van der Waals surface area contributed by atoms with Gasteiger partial charge in [0.1, 0.15) is 0 Å². The van der Waals surface area contributed by atoms with Crippen molar-refractivity contribution in [3.63, 3.8) is 0 Å². The molecule has 0 bridgehead atoms. The first-order valence-corrected chi connectivity index (χ1v) is 7.94. The van der Waals surface area contributed by atoms with E-state index in [4.69, 9.17) is 0 Å². The van der Waals surface area contributed by atoms with Crippen LogP contribution in [0.4, 0.5) is 8.78 Å². The second-order valence-corrected chi connectivity index (χ2v) is 7.68. The predicted octanol–water partition coefficient (Wildman–Crippen LogP) is 4.37. The van der Waals surface area contributed by atoms with E-state index in [1.54, 1.807) is 0 Å². The third kappa shape index (κ3) is 2.40. The van der Waals surface area contributed by atoms with E-state index in [1.807, 2.05) is 30.3 Å². The number of benzene rings is 1. The molecule has 1 aliphatic heterocycles. The first-order valence-electron chi connectivity index (χ1n) is 7.94. The maximum absolute atomic E-state index is 14.4. The van der Waals surface area contributed by atoms with Crippen LogP contribution in [-0.2, 0) is 6.42 Å². The molecule has 1 aromatic rings. The highest BCUT2D eigenvalue weighted by Gasteiger charge is 2.79. The summed E-state index contributed by atoms with van der Waals surface area (Å²) in [7, 11) is 0. The second kappa shape index (κ2) is 4.77. The summed E-state index contributed by atoms with van der Waals surface area (Å²) in [5.41, 5.74) is 0.392. The molecule has 116 valence electrons. The number of hydrogen-bond donors (Lipinski definition) is 0. The summed E-state index contributed by atoms with van der Waals surface area (Å²) >= 11 is 0. The Kier molecular flexibility index (Phi) is 3.40. The third-order valence-electron chi connectivity index (χ3n) is 5.57. The van der Waals surface area contributed by atoms with E-state index >= 15 is 0 Å². The maximum atomic E-state index is 14.4. The lowest BCUT2D eigenvalue weighted by molar-refractivity contribution is 0.00949. The number of nitrogens with zero attached hydrogens (tertiary/aromatic N) is 1. The molecule has 1 spiro atoms. The van der Waals surface area contributed by atoms with E-state index in [1.165, 1.54) is 0 Å². The van der Waals surface area contributed by atoms with Gasteiger partial charge in [-0.05, 0) is 58.7 Å². The molecule has 0 aromatic heterocycles. The number of rotatable bonds is 2. The van der Waals surface area contributed by atoms with Crippen molar-refractivity contribution >= 4 is 0 Å². The number of hydrogen-bond acceptors (Lipinski definition) is 1. The maximum Gasteiger partial charge on any atom is 0.258 e. The van der Waals surface area contributed by atoms with Gasteiger partial charge in [0.05, 0.1) is 0 Å². The van der Waals surface area contributed by atoms with Gasteiger partial charge in [0, 0.05) is 16.9 Å². The molecule has 2 aliphatic rings. The van der Waals surface area contributed by atoms with Crippen molar-refractivity contribution in [2.45, 2.75) is 51.5 Å². The molecule has 2 fully saturated rings. The van der Waals surface area contributed by atoms with E-state index in [0.29, 0.717) is 19.3 Å². The number of halogens is 2. The van der Waals surface area contributed by atoms with Crippen LogP contribution in [0.2, 0.25) is 0 Å². The van der Waals surface area contributed by atoms with Crippen LogP contribution in [0.1, 0.15) is 39.2 Å². The van der Waals surface area contributed by atoms with Crippen LogP contribution < -0.4 is 0 Å². The summed E-state index contributed by atoms with van der Waals surface area (Å²) in [4.78, 5) is 2.34. The topological polar surface area (TPSA) is 3.24 Å². The predicted molar refractivity (Wildman–Crippen MR) is 81.6 cm³/mol. The Morgan fingerprint density at radius 1 is 1.10 bits per heavy atom. The third-order valence-corrected chi connectivity index (χ3v) is 5.57. The van der Waals surface area contributed by atoms with Gasteiger partial charge in [-0.3, -0.25) is 4.90 Å². The fourth-order valence-corrected chi connectivity index (χ4v) is 4.02. The lowest BCUT2D eigenvalue weighted by Gasteiger charge is -2.41. The first kappa shape index (κ1) is 15.0. The van der Waals surface area contributed by atoms with Gasteiger partial charge in [-0.15, -0.1) is 0 Å². The molecular formula is C18H25F2N. The fraction of sp³-hybridized carbons (Fsp3) is 0.667. The first-order chi connectivity index (χ1) is 9.77. The molecule has 1 heterocycles. The molecule has 1 saturated heterocycles. The minimum atomic E-state index is -2.48. The van der Waals surface area contributed by atoms with Crippen LogP contribution in [0.5, 0.6) is 0 Å². The minimum Gasteiger partial charge on any atom is -0.298 e. The van der Waals surface area contributed by atoms with Crippen LogP contribution in [0.25, 0.3) is 0 Å². The normalized spacial score (nSPS) is 27.8. The van der Waals surface area contributed by atoms with Gasteiger partial charge >= 0.3 is 0 Å². The Balaban J connectivity index is 1.69. The zero-order chi connectivity index (χ0) is 15.3. The molecule has 21 heavy (non-hydrogen) atoms. The smallest absolute Gasteiger partial charge is 0.258 e. The average Bonchev–Trinajstić information content (AvgIpc) is 2.86. The molecule has 3 rings (SSSR count). The highest BCUT2D eigenvalue weighted by atomic mass is 19.3. The van der Waals surface area contributed by atoms with E-state index in [-0.39, 0.29) is 5.54 Å². The van der Waals surface area contributed by atoms with Crippen LogP contribution in [-0.4, -0.2) is 29.5 Å². The number of alkyl halides is 2. The van der Waals surface area contributed by atoms with Gasteiger partial charge in [-0.2, -0.15) is 0 Å². The summed E-state index contributed by atoms with van der Waals surface area (Å²) in [6.45, 7) is 8.08. The van der Waals surface area contributed by atoms with Crippen LogP contribution in [0.3, 0.4) is 0 Å². The molecular weight excluding hydrogens is 268 g/mol. The lowest BCUT2D eigenvalue weighted by Crippen LogP contribution is -2.47. The van der Waals surface area contributed by atoms with Crippen molar-refractivity contribution in [2.24, 2.45) is 11.3 Å². The summed E-state index contributed by atoms with van der Waals surface area (Å²) in [6, 6.07) is 9.74. The summed E-state index contributed by atoms with van der Waals surface area (Å²) < 4.78 is 28.9. The second-order valence-electron chi connectivity index (χ2n) is 7.68. The average molecular weight is 293 g/mol. The monoisotopic (exact) mass is 293 g/mol. The van der Waals surface area contributed by atoms with E-state index < -0.39 is 17.3 Å². The van der Waals surface area contributed by atoms with Crippen LogP contribution in [0.15, 0.2) is 30.3 Å². The molecule has 1 unspecified atom stereocenters. The Hall–Kier alpha value is -0.960. The summed E-state index contributed by atoms with van der Waals surface area (Å²) in [6.07, 6.45) is 1.78. The van der Waals surface area contributed by atoms with Gasteiger partial charge in [0.15, 0.2) is 0 Å². The highest BCUT2D eigenvalue weighted by Crippen LogP contribution is 2.71. The van der Waals surface area contributed by atoms with E-state index in [0.717, 1.165) is 18.7 Å². The molecule has 1 aromatic carbocycles. The number of likely N-dealkylation sites (tertiary alicyclic amines) is 1. The zero-order valence-electron chi connectivity index (χ0n) is 13.2. The quantitative estimate of drug-likeness (QED) is 0.782. The molecule has 1 nitrogen and oxygen atoms in total. The Morgan fingerprint density at radius 2 is 1.67 bits per heavy atom. The van der Waals surface area contributed by atoms with Crippen molar-refractivity contribution in [3.8, 4) is 0 Å². The van der Waals surface area contributed by atoms with Crippen molar-refractivity contribution in [2.75, 3.05) is 13.1 Å². The standard InChI is InChI=1S/C18H25F2N/c1-16(2,3)21-11-9-17(10-12-21)15(18(17,19)20)13-14-7-5-4-6-8-14/h4-8,15H,9-13H2,1-3H3. The fourth-order valence-electron chi connectivity index (χ4n) is 4.02. The summed E-state index contributed by atoms with van der Waals surface area (Å²) in [5, 5.41) is 0.